The lowest BCUT2D eigenvalue weighted by atomic mass is 10.0. The van der Waals surface area contributed by atoms with Gasteiger partial charge in [-0.05, 0) is 30.7 Å². The second-order valence-corrected chi connectivity index (χ2v) is 7.29. The molecule has 0 amide bonds. The third-order valence-corrected chi connectivity index (χ3v) is 5.43. The van der Waals surface area contributed by atoms with E-state index >= 15 is 0 Å². The summed E-state index contributed by atoms with van der Waals surface area (Å²) in [5, 5.41) is 2.17. The number of hydroxylamine groups is 2. The summed E-state index contributed by atoms with van der Waals surface area (Å²) in [6.45, 7) is 1.99. The van der Waals surface area contributed by atoms with Crippen LogP contribution in [0.25, 0.3) is 16.7 Å². The fraction of sp³-hybridized carbons (Fsp3) is 0.240. The lowest BCUT2D eigenvalue weighted by molar-refractivity contribution is -0.142. The van der Waals surface area contributed by atoms with Gasteiger partial charge in [-0.1, -0.05) is 36.4 Å². The quantitative estimate of drug-likeness (QED) is 0.297. The van der Waals surface area contributed by atoms with Crippen LogP contribution in [0, 0.1) is 0 Å². The van der Waals surface area contributed by atoms with Crippen LogP contribution in [-0.2, 0) is 30.4 Å². The van der Waals surface area contributed by atoms with Crippen molar-refractivity contribution in [2.75, 3.05) is 13.7 Å². The second-order valence-electron chi connectivity index (χ2n) is 7.29. The van der Waals surface area contributed by atoms with E-state index in [2.05, 4.69) is 0 Å². The zero-order valence-electron chi connectivity index (χ0n) is 18.2. The number of carbonyl (C=O) groups is 1. The average molecular weight is 446 g/mol. The van der Waals surface area contributed by atoms with E-state index in [-0.39, 0.29) is 31.0 Å². The van der Waals surface area contributed by atoms with E-state index in [0.29, 0.717) is 17.0 Å². The SMILES string of the molecule is CCOC(=O)Cc1c2n(c3ccccc13)C(=C=O)N(OC)C2CC(=C=O)Oc1ccccc1. The molecule has 0 fully saturated rings. The molecule has 0 spiro atoms. The molecule has 2 aromatic carbocycles. The number of ether oxygens (including phenoxy) is 2. The van der Waals surface area contributed by atoms with Gasteiger partial charge in [-0.25, -0.2) is 14.7 Å². The Morgan fingerprint density at radius 1 is 1.06 bits per heavy atom. The normalized spacial score (nSPS) is 14.5. The van der Waals surface area contributed by atoms with Crippen LogP contribution < -0.4 is 4.74 Å². The van der Waals surface area contributed by atoms with Gasteiger partial charge in [0, 0.05) is 11.8 Å². The lowest BCUT2D eigenvalue weighted by Crippen LogP contribution is -2.23. The third kappa shape index (κ3) is 4.06. The molecule has 1 aromatic heterocycles. The van der Waals surface area contributed by atoms with E-state index in [0.717, 1.165) is 10.9 Å². The van der Waals surface area contributed by atoms with Crippen molar-refractivity contribution < 1.29 is 28.7 Å². The predicted molar refractivity (Wildman–Crippen MR) is 120 cm³/mol. The van der Waals surface area contributed by atoms with Gasteiger partial charge in [0.1, 0.15) is 11.8 Å². The molecule has 1 aliphatic rings. The lowest BCUT2D eigenvalue weighted by Gasteiger charge is -2.23. The Morgan fingerprint density at radius 3 is 2.45 bits per heavy atom. The standard InChI is InChI=1S/C25H22N2O6/c1-3-32-24(30)14-20-19-11-7-8-12-21(19)26-23(16-29)27(31-2)22(25(20)26)13-18(15-28)33-17-9-5-4-6-10-17/h4-12,22H,3,13-14H2,1-2H3. The summed E-state index contributed by atoms with van der Waals surface area (Å²) >= 11 is 0. The van der Waals surface area contributed by atoms with Crippen LogP contribution in [0.2, 0.25) is 0 Å². The Balaban J connectivity index is 1.83. The average Bonchev–Trinajstić information content (AvgIpc) is 3.32. The summed E-state index contributed by atoms with van der Waals surface area (Å²) in [4.78, 5) is 41.7. The molecule has 8 nitrogen and oxygen atoms in total. The topological polar surface area (TPSA) is 87.1 Å². The van der Waals surface area contributed by atoms with Crippen LogP contribution in [-0.4, -0.2) is 41.2 Å². The number of esters is 1. The number of benzene rings is 2. The predicted octanol–water partition coefficient (Wildman–Crippen LogP) is 3.48. The molecule has 0 saturated heterocycles. The number of carbonyl (C=O) groups excluding carboxylic acids is 3. The smallest absolute Gasteiger partial charge is 0.310 e. The number of hydrogen-bond donors (Lipinski definition) is 0. The minimum absolute atomic E-state index is 0.00342. The van der Waals surface area contributed by atoms with E-state index in [4.69, 9.17) is 14.3 Å². The molecule has 0 saturated carbocycles. The highest BCUT2D eigenvalue weighted by Crippen LogP contribution is 2.45. The van der Waals surface area contributed by atoms with Crippen LogP contribution >= 0.6 is 0 Å². The molecule has 8 heteroatoms. The first-order valence-electron chi connectivity index (χ1n) is 10.5. The number of hydrogen-bond acceptors (Lipinski definition) is 7. The Bertz CT molecular complexity index is 1280. The summed E-state index contributed by atoms with van der Waals surface area (Å²) < 4.78 is 12.6. The van der Waals surface area contributed by atoms with Crippen LogP contribution in [0.5, 0.6) is 5.75 Å². The number of nitrogens with zero attached hydrogens (tertiary/aromatic N) is 2. The van der Waals surface area contributed by atoms with Crippen molar-refractivity contribution in [3.05, 3.63) is 71.6 Å². The minimum atomic E-state index is -0.636. The Labute approximate surface area is 190 Å². The van der Waals surface area contributed by atoms with Gasteiger partial charge in [-0.15, -0.1) is 0 Å². The van der Waals surface area contributed by atoms with E-state index in [1.165, 1.54) is 12.2 Å². The number of para-hydroxylation sites is 2. The molecular formula is C25H22N2O6. The zero-order valence-corrected chi connectivity index (χ0v) is 18.2. The monoisotopic (exact) mass is 446 g/mol. The highest BCUT2D eigenvalue weighted by atomic mass is 16.7. The summed E-state index contributed by atoms with van der Waals surface area (Å²) in [7, 11) is 1.42. The van der Waals surface area contributed by atoms with Crippen molar-refractivity contribution in [3.63, 3.8) is 0 Å². The summed E-state index contributed by atoms with van der Waals surface area (Å²) in [5.74, 6) is 4.03. The van der Waals surface area contributed by atoms with Gasteiger partial charge in [0.25, 0.3) is 0 Å². The maximum Gasteiger partial charge on any atom is 0.310 e. The highest BCUT2D eigenvalue weighted by molar-refractivity contribution is 5.95. The Morgan fingerprint density at radius 2 is 1.79 bits per heavy atom. The molecule has 2 heterocycles. The molecule has 0 aliphatic carbocycles. The summed E-state index contributed by atoms with van der Waals surface area (Å²) in [6.07, 6.45) is 0.0418. The number of rotatable bonds is 8. The van der Waals surface area contributed by atoms with Crippen LogP contribution in [0.1, 0.15) is 30.6 Å². The van der Waals surface area contributed by atoms with Gasteiger partial charge in [0.05, 0.1) is 31.3 Å². The van der Waals surface area contributed by atoms with Crippen LogP contribution in [0.4, 0.5) is 0 Å². The molecule has 1 unspecified atom stereocenters. The van der Waals surface area contributed by atoms with Crippen molar-refractivity contribution in [1.29, 1.82) is 0 Å². The summed E-state index contributed by atoms with van der Waals surface area (Å²) in [6, 6.07) is 15.6. The molecule has 0 bridgehead atoms. The number of aromatic nitrogens is 1. The van der Waals surface area contributed by atoms with Crippen molar-refractivity contribution in [2.45, 2.75) is 25.8 Å². The molecule has 3 aromatic rings. The van der Waals surface area contributed by atoms with Crippen LogP contribution in [0.15, 0.2) is 60.4 Å². The van der Waals surface area contributed by atoms with E-state index in [9.17, 15) is 14.4 Å². The minimum Gasteiger partial charge on any atom is -0.466 e. The fourth-order valence-corrected chi connectivity index (χ4v) is 4.20. The largest absolute Gasteiger partial charge is 0.466 e. The first-order chi connectivity index (χ1) is 16.1. The molecular weight excluding hydrogens is 424 g/mol. The molecule has 0 radical (unpaired) electrons. The van der Waals surface area contributed by atoms with Gasteiger partial charge in [0.2, 0.25) is 5.82 Å². The highest BCUT2D eigenvalue weighted by Gasteiger charge is 2.41. The third-order valence-electron chi connectivity index (χ3n) is 5.43. The maximum absolute atomic E-state index is 12.4. The molecule has 4 rings (SSSR count). The van der Waals surface area contributed by atoms with Gasteiger partial charge in [0.15, 0.2) is 17.6 Å². The zero-order chi connectivity index (χ0) is 23.4. The first-order valence-corrected chi connectivity index (χ1v) is 10.5. The Kier molecular flexibility index (Phi) is 6.43. The summed E-state index contributed by atoms with van der Waals surface area (Å²) in [5.41, 5.74) is 2.04. The van der Waals surface area contributed by atoms with Crippen molar-refractivity contribution in [1.82, 2.24) is 9.63 Å². The molecule has 168 valence electrons. The van der Waals surface area contributed by atoms with Gasteiger partial charge < -0.3 is 9.47 Å². The second kappa shape index (κ2) is 9.59. The van der Waals surface area contributed by atoms with Crippen molar-refractivity contribution in [3.8, 4) is 5.75 Å². The van der Waals surface area contributed by atoms with Gasteiger partial charge in [-0.3, -0.25) is 14.2 Å². The van der Waals surface area contributed by atoms with E-state index < -0.39 is 12.0 Å². The van der Waals surface area contributed by atoms with E-state index in [1.54, 1.807) is 35.8 Å². The van der Waals surface area contributed by atoms with Crippen LogP contribution in [0.3, 0.4) is 0 Å². The molecule has 1 atom stereocenters. The first kappa shape index (κ1) is 22.1. The maximum atomic E-state index is 12.4. The Hall–Kier alpha value is -4.09. The van der Waals surface area contributed by atoms with Gasteiger partial charge >= 0.3 is 5.97 Å². The van der Waals surface area contributed by atoms with Crippen molar-refractivity contribution >= 4 is 34.6 Å². The number of fused-ring (bicyclic) bond motifs is 3. The molecule has 1 aliphatic heterocycles. The fourth-order valence-electron chi connectivity index (χ4n) is 4.20. The van der Waals surface area contributed by atoms with E-state index in [1.807, 2.05) is 42.2 Å². The molecule has 33 heavy (non-hydrogen) atoms. The van der Waals surface area contributed by atoms with Crippen molar-refractivity contribution in [2.24, 2.45) is 0 Å². The van der Waals surface area contributed by atoms with Gasteiger partial charge in [-0.2, -0.15) is 0 Å². The molecule has 0 N–H and O–H groups in total.